The van der Waals surface area contributed by atoms with Gasteiger partial charge in [-0.05, 0) is 29.5 Å². The number of methoxy groups -OCH3 is 1. The predicted molar refractivity (Wildman–Crippen MR) is 88.3 cm³/mol. The van der Waals surface area contributed by atoms with E-state index in [9.17, 15) is 0 Å². The van der Waals surface area contributed by atoms with Gasteiger partial charge in [0.2, 0.25) is 0 Å². The Labute approximate surface area is 130 Å². The van der Waals surface area contributed by atoms with Gasteiger partial charge in [-0.15, -0.1) is 0 Å². The SMILES string of the molecule is COCCNCc1ccc(Br)cc1N1CC(C)C(C)C1. The minimum absolute atomic E-state index is 0.754. The van der Waals surface area contributed by atoms with Gasteiger partial charge in [0.1, 0.15) is 0 Å². The molecule has 1 fully saturated rings. The van der Waals surface area contributed by atoms with Crippen molar-refractivity contribution in [1.82, 2.24) is 5.32 Å². The van der Waals surface area contributed by atoms with Crippen molar-refractivity contribution < 1.29 is 4.74 Å². The molecule has 0 aliphatic carbocycles. The van der Waals surface area contributed by atoms with Gasteiger partial charge in [-0.1, -0.05) is 35.8 Å². The van der Waals surface area contributed by atoms with Gasteiger partial charge < -0.3 is 15.0 Å². The molecule has 2 unspecified atom stereocenters. The third-order valence-electron chi connectivity index (χ3n) is 4.17. The van der Waals surface area contributed by atoms with Crippen LogP contribution < -0.4 is 10.2 Å². The quantitative estimate of drug-likeness (QED) is 0.804. The molecular formula is C16H25BrN2O. The van der Waals surface area contributed by atoms with Gasteiger partial charge in [-0.2, -0.15) is 0 Å². The molecule has 3 nitrogen and oxygen atoms in total. The van der Waals surface area contributed by atoms with E-state index in [2.05, 4.69) is 58.2 Å². The monoisotopic (exact) mass is 340 g/mol. The number of hydrogen-bond acceptors (Lipinski definition) is 3. The van der Waals surface area contributed by atoms with Crippen LogP contribution in [0.4, 0.5) is 5.69 Å². The Morgan fingerprint density at radius 2 is 2.00 bits per heavy atom. The van der Waals surface area contributed by atoms with Gasteiger partial charge in [-0.25, -0.2) is 0 Å². The summed E-state index contributed by atoms with van der Waals surface area (Å²) in [5, 5.41) is 3.44. The zero-order chi connectivity index (χ0) is 14.5. The number of hydrogen-bond donors (Lipinski definition) is 1. The lowest BCUT2D eigenvalue weighted by Gasteiger charge is -2.23. The Bertz CT molecular complexity index is 428. The number of ether oxygens (including phenoxy) is 1. The smallest absolute Gasteiger partial charge is 0.0587 e. The van der Waals surface area contributed by atoms with E-state index in [1.807, 2.05) is 0 Å². The molecule has 1 N–H and O–H groups in total. The molecular weight excluding hydrogens is 316 g/mol. The molecule has 1 aromatic rings. The van der Waals surface area contributed by atoms with Crippen LogP contribution in [0.25, 0.3) is 0 Å². The Kier molecular flexibility index (Phi) is 5.87. The molecule has 1 aliphatic rings. The van der Waals surface area contributed by atoms with E-state index in [0.29, 0.717) is 0 Å². The van der Waals surface area contributed by atoms with Crippen LogP contribution in [0.5, 0.6) is 0 Å². The maximum Gasteiger partial charge on any atom is 0.0587 e. The summed E-state index contributed by atoms with van der Waals surface area (Å²) in [7, 11) is 1.74. The summed E-state index contributed by atoms with van der Waals surface area (Å²) in [4.78, 5) is 2.52. The second kappa shape index (κ2) is 7.43. The lowest BCUT2D eigenvalue weighted by atomic mass is 10.0. The molecule has 0 spiro atoms. The zero-order valence-corrected chi connectivity index (χ0v) is 14.2. The van der Waals surface area contributed by atoms with E-state index in [1.54, 1.807) is 7.11 Å². The van der Waals surface area contributed by atoms with Crippen LogP contribution in [0.2, 0.25) is 0 Å². The number of nitrogens with one attached hydrogen (secondary N) is 1. The Morgan fingerprint density at radius 1 is 1.30 bits per heavy atom. The van der Waals surface area contributed by atoms with Crippen LogP contribution in [-0.4, -0.2) is 33.4 Å². The van der Waals surface area contributed by atoms with E-state index in [1.165, 1.54) is 11.3 Å². The Balaban J connectivity index is 2.08. The van der Waals surface area contributed by atoms with Gasteiger partial charge in [0.25, 0.3) is 0 Å². The average molecular weight is 341 g/mol. The van der Waals surface area contributed by atoms with Crippen molar-refractivity contribution in [2.45, 2.75) is 20.4 Å². The Morgan fingerprint density at radius 3 is 2.65 bits per heavy atom. The summed E-state index contributed by atoms with van der Waals surface area (Å²) in [6, 6.07) is 6.59. The van der Waals surface area contributed by atoms with Crippen LogP contribution in [0.1, 0.15) is 19.4 Å². The molecule has 1 aromatic carbocycles. The molecule has 0 saturated carbocycles. The highest BCUT2D eigenvalue weighted by molar-refractivity contribution is 9.10. The molecule has 0 amide bonds. The fourth-order valence-electron chi connectivity index (χ4n) is 2.70. The first kappa shape index (κ1) is 15.8. The van der Waals surface area contributed by atoms with Crippen molar-refractivity contribution >= 4 is 21.6 Å². The van der Waals surface area contributed by atoms with Gasteiger partial charge >= 0.3 is 0 Å². The number of halogens is 1. The minimum Gasteiger partial charge on any atom is -0.383 e. The Hall–Kier alpha value is -0.580. The van der Waals surface area contributed by atoms with Gasteiger partial charge in [0, 0.05) is 43.4 Å². The molecule has 2 rings (SSSR count). The topological polar surface area (TPSA) is 24.5 Å². The second-order valence-electron chi connectivity index (χ2n) is 5.80. The van der Waals surface area contributed by atoms with Gasteiger partial charge in [-0.3, -0.25) is 0 Å². The van der Waals surface area contributed by atoms with Crippen LogP contribution in [0, 0.1) is 11.8 Å². The highest BCUT2D eigenvalue weighted by atomic mass is 79.9. The molecule has 0 bridgehead atoms. The third kappa shape index (κ3) is 3.96. The lowest BCUT2D eigenvalue weighted by Crippen LogP contribution is -2.24. The van der Waals surface area contributed by atoms with E-state index in [4.69, 9.17) is 4.74 Å². The maximum absolute atomic E-state index is 5.08. The van der Waals surface area contributed by atoms with E-state index >= 15 is 0 Å². The molecule has 0 aromatic heterocycles. The predicted octanol–water partition coefficient (Wildman–Crippen LogP) is 3.28. The first-order valence-electron chi connectivity index (χ1n) is 7.35. The summed E-state index contributed by atoms with van der Waals surface area (Å²) in [5.41, 5.74) is 2.73. The lowest BCUT2D eigenvalue weighted by molar-refractivity contribution is 0.199. The third-order valence-corrected chi connectivity index (χ3v) is 4.67. The molecule has 2 atom stereocenters. The molecule has 1 heterocycles. The van der Waals surface area contributed by atoms with Crippen LogP contribution in [0.3, 0.4) is 0 Å². The summed E-state index contributed by atoms with van der Waals surface area (Å²) in [6.45, 7) is 9.54. The van der Waals surface area contributed by atoms with Crippen molar-refractivity contribution in [3.05, 3.63) is 28.2 Å². The van der Waals surface area contributed by atoms with E-state index in [-0.39, 0.29) is 0 Å². The zero-order valence-electron chi connectivity index (χ0n) is 12.7. The van der Waals surface area contributed by atoms with Gasteiger partial charge in [0.05, 0.1) is 6.61 Å². The van der Waals surface area contributed by atoms with Crippen LogP contribution in [0.15, 0.2) is 22.7 Å². The summed E-state index contributed by atoms with van der Waals surface area (Å²) in [6.07, 6.45) is 0. The van der Waals surface area contributed by atoms with Crippen molar-refractivity contribution in [3.63, 3.8) is 0 Å². The van der Waals surface area contributed by atoms with E-state index in [0.717, 1.165) is 49.1 Å². The molecule has 1 saturated heterocycles. The number of nitrogens with zero attached hydrogens (tertiary/aromatic N) is 1. The number of benzene rings is 1. The fourth-order valence-corrected chi connectivity index (χ4v) is 3.05. The van der Waals surface area contributed by atoms with Crippen molar-refractivity contribution in [2.75, 3.05) is 38.3 Å². The summed E-state index contributed by atoms with van der Waals surface area (Å²) < 4.78 is 6.23. The van der Waals surface area contributed by atoms with E-state index < -0.39 is 0 Å². The van der Waals surface area contributed by atoms with Crippen molar-refractivity contribution in [3.8, 4) is 0 Å². The van der Waals surface area contributed by atoms with Crippen LogP contribution >= 0.6 is 15.9 Å². The normalized spacial score (nSPS) is 22.5. The molecule has 112 valence electrons. The fraction of sp³-hybridized carbons (Fsp3) is 0.625. The first-order chi connectivity index (χ1) is 9.61. The minimum atomic E-state index is 0.754. The second-order valence-corrected chi connectivity index (χ2v) is 6.72. The van der Waals surface area contributed by atoms with Gasteiger partial charge in [0.15, 0.2) is 0 Å². The standard InChI is InChI=1S/C16H25BrN2O/c1-12-10-19(11-13(12)2)16-8-15(17)5-4-14(16)9-18-6-7-20-3/h4-5,8,12-13,18H,6-7,9-11H2,1-3H3. The summed E-state index contributed by atoms with van der Waals surface area (Å²) in [5.74, 6) is 1.53. The molecule has 20 heavy (non-hydrogen) atoms. The highest BCUT2D eigenvalue weighted by Gasteiger charge is 2.27. The molecule has 0 radical (unpaired) electrons. The van der Waals surface area contributed by atoms with Crippen LogP contribution in [-0.2, 0) is 11.3 Å². The first-order valence-corrected chi connectivity index (χ1v) is 8.14. The number of rotatable bonds is 6. The molecule has 4 heteroatoms. The highest BCUT2D eigenvalue weighted by Crippen LogP contribution is 2.32. The average Bonchev–Trinajstić information content (AvgIpc) is 2.76. The number of anilines is 1. The maximum atomic E-state index is 5.08. The summed E-state index contributed by atoms with van der Waals surface area (Å²) >= 11 is 3.60. The largest absolute Gasteiger partial charge is 0.383 e. The van der Waals surface area contributed by atoms with Crippen molar-refractivity contribution in [2.24, 2.45) is 11.8 Å². The molecule has 1 aliphatic heterocycles. The van der Waals surface area contributed by atoms with Crippen molar-refractivity contribution in [1.29, 1.82) is 0 Å².